The molecule has 1 aliphatic rings. The predicted octanol–water partition coefficient (Wildman–Crippen LogP) is 2.65. The number of ether oxygens (including phenoxy) is 1. The summed E-state index contributed by atoms with van der Waals surface area (Å²) in [6, 6.07) is 1.82. The van der Waals surface area contributed by atoms with Crippen molar-refractivity contribution in [2.24, 2.45) is 5.92 Å². The van der Waals surface area contributed by atoms with Gasteiger partial charge in [0.25, 0.3) is 0 Å². The van der Waals surface area contributed by atoms with Crippen molar-refractivity contribution in [2.45, 2.75) is 26.2 Å². The first-order chi connectivity index (χ1) is 7.61. The Morgan fingerprint density at radius 2 is 2.38 bits per heavy atom. The summed E-state index contributed by atoms with van der Waals surface area (Å²) < 4.78 is 4.67. The maximum atomic E-state index is 11.4. The Hall–Kier alpha value is -1.09. The average Bonchev–Trinajstić information content (AvgIpc) is 2.27. The number of hydrogen-bond donors (Lipinski definition) is 0. The number of hydrogen-bond acceptors (Lipinski definition) is 3. The van der Waals surface area contributed by atoms with Crippen molar-refractivity contribution in [2.75, 3.05) is 7.11 Å². The van der Waals surface area contributed by atoms with E-state index in [4.69, 9.17) is 11.6 Å². The van der Waals surface area contributed by atoms with Crippen LogP contribution in [0.15, 0.2) is 6.07 Å². The topological polar surface area (TPSA) is 39.2 Å². The molecule has 1 atom stereocenters. The Balaban J connectivity index is 2.42. The molecule has 0 saturated carbocycles. The molecule has 16 heavy (non-hydrogen) atoms. The zero-order valence-electron chi connectivity index (χ0n) is 9.42. The SMILES string of the molecule is COC(=O)c1cc2c(nc1Cl)CC(C)CC2. The van der Waals surface area contributed by atoms with E-state index in [0.29, 0.717) is 11.5 Å². The van der Waals surface area contributed by atoms with Gasteiger partial charge in [0.2, 0.25) is 0 Å². The van der Waals surface area contributed by atoms with E-state index in [1.54, 1.807) is 0 Å². The fraction of sp³-hybridized carbons (Fsp3) is 0.500. The number of aromatic nitrogens is 1. The average molecular weight is 240 g/mol. The lowest BCUT2D eigenvalue weighted by Crippen LogP contribution is -2.15. The lowest BCUT2D eigenvalue weighted by molar-refractivity contribution is 0.0600. The first-order valence-electron chi connectivity index (χ1n) is 5.38. The zero-order valence-corrected chi connectivity index (χ0v) is 10.2. The minimum atomic E-state index is -0.418. The maximum absolute atomic E-state index is 11.4. The standard InChI is InChI=1S/C12H14ClNO2/c1-7-3-4-8-6-9(12(15)16-2)11(13)14-10(8)5-7/h6-7H,3-5H2,1-2H3. The molecule has 1 aliphatic carbocycles. The number of nitrogens with zero attached hydrogens (tertiary/aromatic N) is 1. The molecule has 0 amide bonds. The van der Waals surface area contributed by atoms with E-state index < -0.39 is 5.97 Å². The van der Waals surface area contributed by atoms with E-state index in [1.165, 1.54) is 7.11 Å². The Morgan fingerprint density at radius 3 is 3.06 bits per heavy atom. The van der Waals surface area contributed by atoms with E-state index in [-0.39, 0.29) is 5.15 Å². The largest absolute Gasteiger partial charge is 0.465 e. The number of fused-ring (bicyclic) bond motifs is 1. The van der Waals surface area contributed by atoms with Crippen LogP contribution in [0.2, 0.25) is 5.15 Å². The Morgan fingerprint density at radius 1 is 1.62 bits per heavy atom. The smallest absolute Gasteiger partial charge is 0.341 e. The summed E-state index contributed by atoms with van der Waals surface area (Å²) >= 11 is 5.97. The molecular weight excluding hydrogens is 226 g/mol. The van der Waals surface area contributed by atoms with Crippen molar-refractivity contribution < 1.29 is 9.53 Å². The van der Waals surface area contributed by atoms with Gasteiger partial charge in [0.15, 0.2) is 0 Å². The van der Waals surface area contributed by atoms with E-state index in [1.807, 2.05) is 6.07 Å². The van der Waals surface area contributed by atoms with Crippen molar-refractivity contribution in [1.82, 2.24) is 4.98 Å². The molecule has 0 bridgehead atoms. The number of aryl methyl sites for hydroxylation is 1. The van der Waals surface area contributed by atoms with E-state index in [2.05, 4.69) is 16.6 Å². The Bertz CT molecular complexity index is 431. The van der Waals surface area contributed by atoms with Gasteiger partial charge in [-0.3, -0.25) is 0 Å². The molecule has 4 heteroatoms. The predicted molar refractivity (Wildman–Crippen MR) is 61.8 cm³/mol. The number of rotatable bonds is 1. The Labute approximate surface area is 99.8 Å². The highest BCUT2D eigenvalue weighted by atomic mass is 35.5. The van der Waals surface area contributed by atoms with Gasteiger partial charge in [-0.25, -0.2) is 9.78 Å². The third-order valence-corrected chi connectivity index (χ3v) is 3.29. The fourth-order valence-corrected chi connectivity index (χ4v) is 2.28. The van der Waals surface area contributed by atoms with Crippen LogP contribution in [-0.2, 0) is 17.6 Å². The van der Waals surface area contributed by atoms with Crippen molar-refractivity contribution >= 4 is 17.6 Å². The molecule has 3 nitrogen and oxygen atoms in total. The first-order valence-corrected chi connectivity index (χ1v) is 5.76. The van der Waals surface area contributed by atoms with Gasteiger partial charge >= 0.3 is 5.97 Å². The fourth-order valence-electron chi connectivity index (χ4n) is 2.05. The lowest BCUT2D eigenvalue weighted by atomic mass is 9.88. The summed E-state index contributed by atoms with van der Waals surface area (Å²) in [6.07, 6.45) is 3.04. The van der Waals surface area contributed by atoms with Crippen molar-refractivity contribution in [3.05, 3.63) is 28.0 Å². The van der Waals surface area contributed by atoms with E-state index in [9.17, 15) is 4.79 Å². The molecule has 0 N–H and O–H groups in total. The Kier molecular flexibility index (Phi) is 3.15. The summed E-state index contributed by atoms with van der Waals surface area (Å²) in [5, 5.41) is 0.250. The van der Waals surface area contributed by atoms with Crippen LogP contribution in [0.3, 0.4) is 0 Å². The van der Waals surface area contributed by atoms with Gasteiger partial charge in [0.05, 0.1) is 12.7 Å². The normalized spacial score (nSPS) is 19.1. The third-order valence-electron chi connectivity index (χ3n) is 3.00. The third kappa shape index (κ3) is 2.05. The number of carbonyl (C=O) groups is 1. The van der Waals surface area contributed by atoms with Gasteiger partial charge in [-0.05, 0) is 36.8 Å². The quantitative estimate of drug-likeness (QED) is 0.559. The second-order valence-corrected chi connectivity index (χ2v) is 4.63. The van der Waals surface area contributed by atoms with Gasteiger partial charge in [0, 0.05) is 5.69 Å². The number of esters is 1. The van der Waals surface area contributed by atoms with Crippen LogP contribution in [0.5, 0.6) is 0 Å². The summed E-state index contributed by atoms with van der Waals surface area (Å²) in [5.74, 6) is 0.221. The van der Waals surface area contributed by atoms with Crippen LogP contribution in [0.1, 0.15) is 35.0 Å². The van der Waals surface area contributed by atoms with Gasteiger partial charge in [0.1, 0.15) is 5.15 Å². The summed E-state index contributed by atoms with van der Waals surface area (Å²) in [7, 11) is 1.35. The summed E-state index contributed by atoms with van der Waals surface area (Å²) in [6.45, 7) is 2.20. The maximum Gasteiger partial charge on any atom is 0.341 e. The number of carbonyl (C=O) groups excluding carboxylic acids is 1. The van der Waals surface area contributed by atoms with Crippen LogP contribution in [0, 0.1) is 5.92 Å². The number of pyridine rings is 1. The van der Waals surface area contributed by atoms with Crippen molar-refractivity contribution in [3.63, 3.8) is 0 Å². The van der Waals surface area contributed by atoms with Crippen molar-refractivity contribution in [1.29, 1.82) is 0 Å². The van der Waals surface area contributed by atoms with Crippen LogP contribution in [0.4, 0.5) is 0 Å². The van der Waals surface area contributed by atoms with E-state index >= 15 is 0 Å². The monoisotopic (exact) mass is 239 g/mol. The highest BCUT2D eigenvalue weighted by Crippen LogP contribution is 2.27. The summed E-state index contributed by atoms with van der Waals surface area (Å²) in [4.78, 5) is 15.7. The molecule has 0 aliphatic heterocycles. The van der Waals surface area contributed by atoms with Crippen molar-refractivity contribution in [3.8, 4) is 0 Å². The lowest BCUT2D eigenvalue weighted by Gasteiger charge is -2.21. The number of halogens is 1. The zero-order chi connectivity index (χ0) is 11.7. The second kappa shape index (κ2) is 4.42. The van der Waals surface area contributed by atoms with Crippen LogP contribution < -0.4 is 0 Å². The van der Waals surface area contributed by atoms with Gasteiger partial charge in [-0.1, -0.05) is 18.5 Å². The molecule has 86 valence electrons. The molecule has 0 radical (unpaired) electrons. The molecule has 0 aromatic carbocycles. The highest BCUT2D eigenvalue weighted by Gasteiger charge is 2.21. The second-order valence-electron chi connectivity index (χ2n) is 4.27. The molecule has 0 spiro atoms. The first kappa shape index (κ1) is 11.4. The highest BCUT2D eigenvalue weighted by molar-refractivity contribution is 6.32. The number of methoxy groups -OCH3 is 1. The van der Waals surface area contributed by atoms with Crippen LogP contribution >= 0.6 is 11.6 Å². The molecule has 2 rings (SSSR count). The molecule has 1 aromatic rings. The molecule has 1 heterocycles. The molecule has 1 unspecified atom stereocenters. The molecule has 0 fully saturated rings. The minimum absolute atomic E-state index is 0.250. The molecule has 1 aromatic heterocycles. The summed E-state index contributed by atoms with van der Waals surface area (Å²) in [5.41, 5.74) is 2.52. The van der Waals surface area contributed by atoms with Gasteiger partial charge in [-0.15, -0.1) is 0 Å². The minimum Gasteiger partial charge on any atom is -0.465 e. The van der Waals surface area contributed by atoms with E-state index in [0.717, 1.165) is 30.5 Å². The van der Waals surface area contributed by atoms with Gasteiger partial charge in [-0.2, -0.15) is 0 Å². The van der Waals surface area contributed by atoms with Gasteiger partial charge < -0.3 is 4.74 Å². The molecular formula is C12H14ClNO2. The molecule has 0 saturated heterocycles. The van der Waals surface area contributed by atoms with Crippen LogP contribution in [0.25, 0.3) is 0 Å². The van der Waals surface area contributed by atoms with Crippen LogP contribution in [-0.4, -0.2) is 18.1 Å².